The van der Waals surface area contributed by atoms with Gasteiger partial charge in [-0.25, -0.2) is 0 Å². The van der Waals surface area contributed by atoms with Gasteiger partial charge in [-0.1, -0.05) is 31.5 Å². The maximum absolute atomic E-state index is 11.5. The minimum absolute atomic E-state index is 0.157. The third-order valence-electron chi connectivity index (χ3n) is 3.63. The fourth-order valence-electron chi connectivity index (χ4n) is 2.51. The van der Waals surface area contributed by atoms with Crippen molar-refractivity contribution in [2.45, 2.75) is 45.2 Å². The van der Waals surface area contributed by atoms with Crippen LogP contribution in [-0.4, -0.2) is 16.6 Å². The zero-order valence-electron chi connectivity index (χ0n) is 12.1. The molecule has 2 unspecified atom stereocenters. The van der Waals surface area contributed by atoms with Gasteiger partial charge in [-0.15, -0.1) is 0 Å². The van der Waals surface area contributed by atoms with Gasteiger partial charge in [0.25, 0.3) is 0 Å². The Bertz CT molecular complexity index is 572. The molecule has 0 spiro atoms. The molecule has 0 aliphatic carbocycles. The summed E-state index contributed by atoms with van der Waals surface area (Å²) >= 11 is 0. The molecule has 1 aromatic carbocycles. The second-order valence-electron chi connectivity index (χ2n) is 5.44. The summed E-state index contributed by atoms with van der Waals surface area (Å²) in [5, 5.41) is 13.6. The number of para-hydroxylation sites is 1. The van der Waals surface area contributed by atoms with Gasteiger partial charge in [-0.3, -0.25) is 10.1 Å². The molecule has 2 N–H and O–H groups in total. The molecule has 0 radical (unpaired) electrons. The number of hydrogen-bond acceptors (Lipinski definition) is 3. The number of nitrogens with one attached hydrogen (secondary N) is 1. The Hall–Kier alpha value is -1.81. The fraction of sp³-hybridized carbons (Fsp3) is 0.438. The Morgan fingerprint density at radius 2 is 2.15 bits per heavy atom. The first-order valence-corrected chi connectivity index (χ1v) is 6.96. The van der Waals surface area contributed by atoms with E-state index in [0.29, 0.717) is 6.42 Å². The summed E-state index contributed by atoms with van der Waals surface area (Å²) in [5.74, 6) is -0.0721. The quantitative estimate of drug-likeness (QED) is 0.843. The highest BCUT2D eigenvalue weighted by Crippen LogP contribution is 2.26. The van der Waals surface area contributed by atoms with Gasteiger partial charge < -0.3 is 9.52 Å². The monoisotopic (exact) mass is 275 g/mol. The van der Waals surface area contributed by atoms with Crippen LogP contribution in [0.2, 0.25) is 0 Å². The molecule has 2 aromatic rings. The summed E-state index contributed by atoms with van der Waals surface area (Å²) in [6.07, 6.45) is 1.38. The minimum atomic E-state index is -0.937. The molecule has 0 amide bonds. The number of carboxylic acids is 1. The standard InChI is InChI=1S/C16H21NO3/c1-4-9-16(3,15(18)19)17-11(2)14-10-12-7-5-6-8-13(12)20-14/h5-8,10-11,17H,4,9H2,1-3H3,(H,18,19). The van der Waals surface area contributed by atoms with E-state index in [1.165, 1.54) is 0 Å². The molecule has 20 heavy (non-hydrogen) atoms. The Kier molecular flexibility index (Phi) is 4.14. The molecular weight excluding hydrogens is 254 g/mol. The molecule has 2 rings (SSSR count). The SMILES string of the molecule is CCCC(C)(NC(C)c1cc2ccccc2o1)C(=O)O. The third-order valence-corrected chi connectivity index (χ3v) is 3.63. The van der Waals surface area contributed by atoms with Crippen LogP contribution in [0, 0.1) is 0 Å². The van der Waals surface area contributed by atoms with Gasteiger partial charge >= 0.3 is 5.97 Å². The summed E-state index contributed by atoms with van der Waals surface area (Å²) in [4.78, 5) is 11.5. The predicted octanol–water partition coefficient (Wildman–Crippen LogP) is 3.73. The molecule has 2 atom stereocenters. The molecule has 0 saturated heterocycles. The number of aliphatic carboxylic acids is 1. The van der Waals surface area contributed by atoms with Gasteiger partial charge in [-0.05, 0) is 32.4 Å². The zero-order valence-corrected chi connectivity index (χ0v) is 12.1. The Balaban J connectivity index is 2.22. The van der Waals surface area contributed by atoms with Crippen molar-refractivity contribution >= 4 is 16.9 Å². The van der Waals surface area contributed by atoms with Crippen LogP contribution < -0.4 is 5.32 Å². The number of carbonyl (C=O) groups is 1. The number of furan rings is 1. The summed E-state index contributed by atoms with van der Waals surface area (Å²) in [6.45, 7) is 5.63. The Morgan fingerprint density at radius 1 is 1.45 bits per heavy atom. The molecule has 0 saturated carbocycles. The summed E-state index contributed by atoms with van der Waals surface area (Å²) < 4.78 is 5.78. The average Bonchev–Trinajstić information content (AvgIpc) is 2.82. The van der Waals surface area contributed by atoms with Crippen LogP contribution in [-0.2, 0) is 4.79 Å². The minimum Gasteiger partial charge on any atom is -0.480 e. The lowest BCUT2D eigenvalue weighted by Gasteiger charge is -2.28. The molecular formula is C16H21NO3. The first-order chi connectivity index (χ1) is 9.46. The molecule has 108 valence electrons. The van der Waals surface area contributed by atoms with Crippen molar-refractivity contribution in [2.24, 2.45) is 0 Å². The van der Waals surface area contributed by atoms with Crippen molar-refractivity contribution in [3.05, 3.63) is 36.1 Å². The summed E-state index contributed by atoms with van der Waals surface area (Å²) in [7, 11) is 0. The van der Waals surface area contributed by atoms with E-state index in [9.17, 15) is 9.90 Å². The van der Waals surface area contributed by atoms with E-state index in [1.54, 1.807) is 6.92 Å². The van der Waals surface area contributed by atoms with E-state index >= 15 is 0 Å². The number of benzene rings is 1. The lowest BCUT2D eigenvalue weighted by molar-refractivity contribution is -0.144. The smallest absolute Gasteiger partial charge is 0.323 e. The van der Waals surface area contributed by atoms with Gasteiger partial charge in [-0.2, -0.15) is 0 Å². The van der Waals surface area contributed by atoms with Crippen LogP contribution in [0.1, 0.15) is 45.4 Å². The third kappa shape index (κ3) is 2.85. The first-order valence-electron chi connectivity index (χ1n) is 6.96. The van der Waals surface area contributed by atoms with Crippen molar-refractivity contribution in [1.29, 1.82) is 0 Å². The number of hydrogen-bond donors (Lipinski definition) is 2. The van der Waals surface area contributed by atoms with Crippen LogP contribution in [0.5, 0.6) is 0 Å². The molecule has 1 aromatic heterocycles. The second-order valence-corrected chi connectivity index (χ2v) is 5.44. The van der Waals surface area contributed by atoms with Crippen LogP contribution in [0.25, 0.3) is 11.0 Å². The topological polar surface area (TPSA) is 62.5 Å². The number of fused-ring (bicyclic) bond motifs is 1. The van der Waals surface area contributed by atoms with Crippen molar-refractivity contribution in [2.75, 3.05) is 0 Å². The fourth-order valence-corrected chi connectivity index (χ4v) is 2.51. The van der Waals surface area contributed by atoms with Crippen molar-refractivity contribution in [3.8, 4) is 0 Å². The molecule has 1 heterocycles. The van der Waals surface area contributed by atoms with E-state index in [-0.39, 0.29) is 6.04 Å². The first kappa shape index (κ1) is 14.6. The molecule has 4 nitrogen and oxygen atoms in total. The number of carboxylic acid groups (broad SMARTS) is 1. The van der Waals surface area contributed by atoms with E-state index < -0.39 is 11.5 Å². The molecule has 0 aliphatic rings. The van der Waals surface area contributed by atoms with Crippen molar-refractivity contribution < 1.29 is 14.3 Å². The van der Waals surface area contributed by atoms with Crippen molar-refractivity contribution in [3.63, 3.8) is 0 Å². The van der Waals surface area contributed by atoms with E-state index in [0.717, 1.165) is 23.2 Å². The van der Waals surface area contributed by atoms with Gasteiger partial charge in [0, 0.05) is 5.39 Å². The maximum atomic E-state index is 11.5. The zero-order chi connectivity index (χ0) is 14.8. The lowest BCUT2D eigenvalue weighted by atomic mass is 9.95. The van der Waals surface area contributed by atoms with Crippen molar-refractivity contribution in [1.82, 2.24) is 5.32 Å². The average molecular weight is 275 g/mol. The largest absolute Gasteiger partial charge is 0.480 e. The van der Waals surface area contributed by atoms with Crippen LogP contribution in [0.15, 0.2) is 34.7 Å². The number of rotatable bonds is 6. The van der Waals surface area contributed by atoms with Crippen LogP contribution in [0.4, 0.5) is 0 Å². The van der Waals surface area contributed by atoms with Crippen LogP contribution in [0.3, 0.4) is 0 Å². The van der Waals surface area contributed by atoms with E-state index in [4.69, 9.17) is 4.42 Å². The molecule has 4 heteroatoms. The van der Waals surface area contributed by atoms with E-state index in [2.05, 4.69) is 5.32 Å². The summed E-state index contributed by atoms with van der Waals surface area (Å²) in [6, 6.07) is 9.58. The predicted molar refractivity (Wildman–Crippen MR) is 78.7 cm³/mol. The van der Waals surface area contributed by atoms with Gasteiger partial charge in [0.05, 0.1) is 6.04 Å². The Morgan fingerprint density at radius 3 is 2.75 bits per heavy atom. The molecule has 0 aliphatic heterocycles. The highest BCUT2D eigenvalue weighted by Gasteiger charge is 2.34. The van der Waals surface area contributed by atoms with Gasteiger partial charge in [0.1, 0.15) is 16.9 Å². The Labute approximate surface area is 118 Å². The highest BCUT2D eigenvalue weighted by atomic mass is 16.4. The summed E-state index contributed by atoms with van der Waals surface area (Å²) in [5.41, 5.74) is -0.115. The van der Waals surface area contributed by atoms with Gasteiger partial charge in [0.2, 0.25) is 0 Å². The lowest BCUT2D eigenvalue weighted by Crippen LogP contribution is -2.50. The second kappa shape index (κ2) is 5.67. The highest BCUT2D eigenvalue weighted by molar-refractivity contribution is 5.79. The van der Waals surface area contributed by atoms with Gasteiger partial charge in [0.15, 0.2) is 0 Å². The van der Waals surface area contributed by atoms with E-state index in [1.807, 2.05) is 44.2 Å². The maximum Gasteiger partial charge on any atom is 0.323 e. The molecule has 0 bridgehead atoms. The molecule has 0 fully saturated rings. The normalized spacial score (nSPS) is 15.9. The van der Waals surface area contributed by atoms with Crippen LogP contribution >= 0.6 is 0 Å².